The quantitative estimate of drug-likeness (QED) is 0.820. The van der Waals surface area contributed by atoms with E-state index in [1.165, 1.54) is 25.5 Å². The molecule has 102 valence electrons. The highest BCUT2D eigenvalue weighted by Crippen LogP contribution is 2.33. The van der Waals surface area contributed by atoms with Crippen LogP contribution in [-0.4, -0.2) is 44.6 Å². The molecule has 1 saturated heterocycles. The summed E-state index contributed by atoms with van der Waals surface area (Å²) in [6, 6.07) is 3.89. The Hall–Kier alpha value is -1.62. The van der Waals surface area contributed by atoms with Gasteiger partial charge in [-0.25, -0.2) is 4.98 Å². The molecule has 0 radical (unpaired) electrons. The van der Waals surface area contributed by atoms with Gasteiger partial charge in [0.25, 0.3) is 0 Å². The Bertz CT molecular complexity index is 570. The summed E-state index contributed by atoms with van der Waals surface area (Å²) in [5.74, 6) is 1.56. The first-order valence-corrected chi connectivity index (χ1v) is 6.65. The molecule has 1 fully saturated rings. The maximum Gasteiger partial charge on any atom is 0.167 e. The summed E-state index contributed by atoms with van der Waals surface area (Å²) >= 11 is 0. The van der Waals surface area contributed by atoms with Crippen molar-refractivity contribution in [3.05, 3.63) is 12.1 Å². The summed E-state index contributed by atoms with van der Waals surface area (Å²) in [5.41, 5.74) is 0.730. The number of hydrogen-bond donors (Lipinski definition) is 0. The third kappa shape index (κ3) is 2.30. The van der Waals surface area contributed by atoms with Crippen LogP contribution >= 0.6 is 0 Å². The molecule has 19 heavy (non-hydrogen) atoms. The molecule has 1 aromatic heterocycles. The first kappa shape index (κ1) is 9.31. The zero-order valence-corrected chi connectivity index (χ0v) is 11.0. The van der Waals surface area contributed by atoms with Gasteiger partial charge in [-0.3, -0.25) is 4.99 Å². The van der Waals surface area contributed by atoms with Gasteiger partial charge < -0.3 is 14.5 Å². The number of fused-ring (bicyclic) bond motifs is 1. The summed E-state index contributed by atoms with van der Waals surface area (Å²) in [5, 5.41) is 0. The van der Waals surface area contributed by atoms with E-state index in [0.29, 0.717) is 5.82 Å². The second-order valence-corrected chi connectivity index (χ2v) is 4.96. The third-order valence-corrected chi connectivity index (χ3v) is 3.70. The van der Waals surface area contributed by atoms with Crippen LogP contribution < -0.4 is 9.80 Å². The second kappa shape index (κ2) is 5.17. The third-order valence-electron chi connectivity index (χ3n) is 3.70. The highest BCUT2D eigenvalue weighted by Gasteiger charge is 2.23. The Morgan fingerprint density at radius 3 is 2.95 bits per heavy atom. The first-order chi connectivity index (χ1) is 10.4. The molecule has 3 heterocycles. The van der Waals surface area contributed by atoms with Gasteiger partial charge in [0, 0.05) is 27.2 Å². The Kier molecular flexibility index (Phi) is 2.53. The number of methoxy groups -OCH3 is 1. The van der Waals surface area contributed by atoms with Crippen molar-refractivity contribution in [2.24, 2.45) is 4.99 Å². The number of rotatable bonds is 2. The molecular weight excluding hydrogens is 240 g/mol. The van der Waals surface area contributed by atoms with Crippen molar-refractivity contribution >= 4 is 23.5 Å². The molecule has 0 bridgehead atoms. The molecule has 1 atom stereocenters. The van der Waals surface area contributed by atoms with Gasteiger partial charge in [0.1, 0.15) is 11.5 Å². The van der Waals surface area contributed by atoms with Gasteiger partial charge in [-0.2, -0.15) is 0 Å². The number of nitrogens with zero attached hydrogens (tertiary/aromatic N) is 4. The number of pyridine rings is 1. The number of aromatic nitrogens is 1. The largest absolute Gasteiger partial charge is 0.357 e. The SMILES string of the molecule is [2H]C([2H])([2H])OC1C=Nc2ccc(N3CCCCC3)nc2N1C. The van der Waals surface area contributed by atoms with Crippen LogP contribution in [0.1, 0.15) is 23.4 Å². The minimum Gasteiger partial charge on any atom is -0.357 e. The average Bonchev–Trinajstić information content (AvgIpc) is 2.50. The smallest absolute Gasteiger partial charge is 0.167 e. The van der Waals surface area contributed by atoms with Crippen LogP contribution in [0.2, 0.25) is 0 Å². The molecule has 0 aliphatic carbocycles. The summed E-state index contributed by atoms with van der Waals surface area (Å²) in [6.07, 6.45) is 4.38. The molecule has 5 heteroatoms. The van der Waals surface area contributed by atoms with Crippen molar-refractivity contribution in [3.63, 3.8) is 0 Å². The number of piperidine rings is 1. The van der Waals surface area contributed by atoms with Gasteiger partial charge in [-0.05, 0) is 31.4 Å². The Morgan fingerprint density at radius 2 is 2.16 bits per heavy atom. The van der Waals surface area contributed by atoms with Gasteiger partial charge in [0.15, 0.2) is 12.0 Å². The van der Waals surface area contributed by atoms with Crippen LogP contribution in [-0.2, 0) is 4.74 Å². The topological polar surface area (TPSA) is 41.0 Å². The van der Waals surface area contributed by atoms with E-state index in [2.05, 4.69) is 14.9 Å². The number of ether oxygens (including phenoxy) is 1. The maximum absolute atomic E-state index is 7.24. The Labute approximate surface area is 118 Å². The monoisotopic (exact) mass is 263 g/mol. The fourth-order valence-electron chi connectivity index (χ4n) is 2.56. The van der Waals surface area contributed by atoms with E-state index in [4.69, 9.17) is 8.85 Å². The van der Waals surface area contributed by atoms with Crippen molar-refractivity contribution in [1.82, 2.24) is 4.98 Å². The highest BCUT2D eigenvalue weighted by atomic mass is 16.5. The summed E-state index contributed by atoms with van der Waals surface area (Å²) in [4.78, 5) is 12.9. The maximum atomic E-state index is 7.24. The Morgan fingerprint density at radius 1 is 1.32 bits per heavy atom. The minimum absolute atomic E-state index is 0.653. The molecule has 1 unspecified atom stereocenters. The van der Waals surface area contributed by atoms with Crippen LogP contribution in [0.15, 0.2) is 17.1 Å². The summed E-state index contributed by atoms with van der Waals surface area (Å²) < 4.78 is 26.8. The molecule has 0 aromatic carbocycles. The number of hydrogen-bond acceptors (Lipinski definition) is 5. The lowest BCUT2D eigenvalue weighted by Gasteiger charge is -2.32. The lowest BCUT2D eigenvalue weighted by atomic mass is 10.1. The van der Waals surface area contributed by atoms with E-state index in [-0.39, 0.29) is 0 Å². The van der Waals surface area contributed by atoms with E-state index in [1.54, 1.807) is 11.9 Å². The first-order valence-electron chi connectivity index (χ1n) is 8.15. The summed E-state index contributed by atoms with van der Waals surface area (Å²) in [6.45, 7) is 2.02. The van der Waals surface area contributed by atoms with Gasteiger partial charge >= 0.3 is 0 Å². The van der Waals surface area contributed by atoms with Crippen molar-refractivity contribution < 1.29 is 8.85 Å². The van der Waals surface area contributed by atoms with Crippen molar-refractivity contribution in [3.8, 4) is 0 Å². The van der Waals surface area contributed by atoms with Crippen LogP contribution in [0.4, 0.5) is 17.3 Å². The predicted octanol–water partition coefficient (Wildman–Crippen LogP) is 2.20. The lowest BCUT2D eigenvalue weighted by Crippen LogP contribution is -2.37. The zero-order chi connectivity index (χ0) is 15.7. The normalized spacial score (nSPS) is 25.5. The molecule has 0 N–H and O–H groups in total. The molecule has 5 nitrogen and oxygen atoms in total. The minimum atomic E-state index is -2.47. The fourth-order valence-corrected chi connectivity index (χ4v) is 2.56. The molecule has 0 saturated carbocycles. The predicted molar refractivity (Wildman–Crippen MR) is 77.7 cm³/mol. The number of aliphatic imine (C=N–C) groups is 1. The van der Waals surface area contributed by atoms with Crippen LogP contribution in [0, 0.1) is 0 Å². The van der Waals surface area contributed by atoms with Gasteiger partial charge in [-0.15, -0.1) is 0 Å². The second-order valence-electron chi connectivity index (χ2n) is 4.96. The van der Waals surface area contributed by atoms with Crippen molar-refractivity contribution in [2.75, 3.05) is 37.0 Å². The molecule has 1 aromatic rings. The molecule has 0 amide bonds. The molecular formula is C14H20N4O. The van der Waals surface area contributed by atoms with Crippen LogP contribution in [0.3, 0.4) is 0 Å². The molecule has 2 aliphatic rings. The molecule has 3 rings (SSSR count). The Balaban J connectivity index is 1.84. The van der Waals surface area contributed by atoms with E-state index in [0.717, 1.165) is 24.6 Å². The van der Waals surface area contributed by atoms with E-state index in [1.807, 2.05) is 12.1 Å². The standard InChI is InChI=1S/C14H20N4O/c1-17-13(19-2)10-15-11-6-7-12(16-14(11)17)18-8-4-3-5-9-18/h6-7,10,13H,3-5,8-9H2,1-2H3/i2D3. The molecule has 2 aliphatic heterocycles. The highest BCUT2D eigenvalue weighted by molar-refractivity contribution is 5.81. The van der Waals surface area contributed by atoms with Crippen LogP contribution in [0.5, 0.6) is 0 Å². The van der Waals surface area contributed by atoms with Crippen molar-refractivity contribution in [1.29, 1.82) is 0 Å². The average molecular weight is 263 g/mol. The van der Waals surface area contributed by atoms with Gasteiger partial charge in [-0.1, -0.05) is 0 Å². The lowest BCUT2D eigenvalue weighted by molar-refractivity contribution is 0.158. The van der Waals surface area contributed by atoms with E-state index < -0.39 is 13.3 Å². The summed E-state index contributed by atoms with van der Waals surface area (Å²) in [7, 11) is -0.694. The van der Waals surface area contributed by atoms with Gasteiger partial charge in [0.05, 0.1) is 10.3 Å². The zero-order valence-electron chi connectivity index (χ0n) is 14.0. The van der Waals surface area contributed by atoms with E-state index in [9.17, 15) is 0 Å². The van der Waals surface area contributed by atoms with Crippen LogP contribution in [0.25, 0.3) is 0 Å². The fraction of sp³-hybridized carbons (Fsp3) is 0.571. The van der Waals surface area contributed by atoms with Crippen molar-refractivity contribution in [2.45, 2.75) is 25.5 Å². The number of anilines is 2. The molecule has 0 spiro atoms. The van der Waals surface area contributed by atoms with E-state index >= 15 is 0 Å². The van der Waals surface area contributed by atoms with Gasteiger partial charge in [0.2, 0.25) is 0 Å².